The smallest absolute Gasteiger partial charge is 0.208 e. The average Bonchev–Trinajstić information content (AvgIpc) is 3.49. The molecule has 0 spiro atoms. The lowest BCUT2D eigenvalue weighted by molar-refractivity contribution is 0.356. The molecule has 0 radical (unpaired) electrons. The van der Waals surface area contributed by atoms with Crippen LogP contribution in [0.15, 0.2) is 48.8 Å². The van der Waals surface area contributed by atoms with E-state index in [0.29, 0.717) is 35.9 Å². The molecule has 4 aromatic rings. The van der Waals surface area contributed by atoms with Gasteiger partial charge in [-0.05, 0) is 43.8 Å². The molecule has 0 atom stereocenters. The molecule has 0 unspecified atom stereocenters. The Bertz CT molecular complexity index is 1400. The van der Waals surface area contributed by atoms with Crippen molar-refractivity contribution in [1.29, 1.82) is 5.26 Å². The molecule has 7 nitrogen and oxygen atoms in total. The summed E-state index contributed by atoms with van der Waals surface area (Å²) in [5.74, 6) is 0.949. The fourth-order valence-corrected chi connectivity index (χ4v) is 4.29. The third-order valence-corrected chi connectivity index (χ3v) is 6.06. The van der Waals surface area contributed by atoms with Crippen LogP contribution in [0.2, 0.25) is 0 Å². The van der Waals surface area contributed by atoms with Gasteiger partial charge in [0.1, 0.15) is 17.6 Å². The number of anilines is 1. The van der Waals surface area contributed by atoms with E-state index in [1.165, 1.54) is 11.6 Å². The van der Waals surface area contributed by atoms with Gasteiger partial charge in [0.2, 0.25) is 5.95 Å². The molecule has 1 N–H and O–H groups in total. The van der Waals surface area contributed by atoms with E-state index in [-0.39, 0.29) is 12.4 Å². The molecular formula is C26H25FN6O. The molecule has 0 aliphatic carbocycles. The third kappa shape index (κ3) is 4.18. The van der Waals surface area contributed by atoms with E-state index < -0.39 is 0 Å². The molecule has 0 amide bonds. The second kappa shape index (κ2) is 9.12. The van der Waals surface area contributed by atoms with Gasteiger partial charge in [-0.15, -0.1) is 0 Å². The molecule has 0 bridgehead atoms. The molecule has 5 rings (SSSR count). The predicted molar refractivity (Wildman–Crippen MR) is 128 cm³/mol. The van der Waals surface area contributed by atoms with Gasteiger partial charge < -0.3 is 15.0 Å². The SMILES string of the molecule is CN(C)CCc1cccc(-c2cnc(NCc3c(F)ccc4c3CCO4)n3cc(C#N)nc23)c1. The summed E-state index contributed by atoms with van der Waals surface area (Å²) in [4.78, 5) is 11.3. The van der Waals surface area contributed by atoms with E-state index in [2.05, 4.69) is 52.5 Å². The van der Waals surface area contributed by atoms with Crippen LogP contribution >= 0.6 is 0 Å². The van der Waals surface area contributed by atoms with E-state index >= 15 is 0 Å². The molecule has 0 fully saturated rings. The fourth-order valence-electron chi connectivity index (χ4n) is 4.29. The van der Waals surface area contributed by atoms with Crippen LogP contribution in [-0.2, 0) is 19.4 Å². The number of hydrogen-bond donors (Lipinski definition) is 1. The molecule has 2 aromatic heterocycles. The van der Waals surface area contributed by atoms with Crippen molar-refractivity contribution in [2.75, 3.05) is 32.6 Å². The van der Waals surface area contributed by atoms with Crippen LogP contribution in [0.25, 0.3) is 16.8 Å². The zero-order valence-corrected chi connectivity index (χ0v) is 19.2. The number of aromatic nitrogens is 3. The van der Waals surface area contributed by atoms with Crippen molar-refractivity contribution in [3.63, 3.8) is 0 Å². The third-order valence-electron chi connectivity index (χ3n) is 6.06. The Kier molecular flexibility index (Phi) is 5.86. The van der Waals surface area contributed by atoms with E-state index in [4.69, 9.17) is 4.74 Å². The maximum atomic E-state index is 14.6. The van der Waals surface area contributed by atoms with Crippen LogP contribution in [0.4, 0.5) is 10.3 Å². The Morgan fingerprint density at radius 3 is 2.97 bits per heavy atom. The number of likely N-dealkylation sites (N-methyl/N-ethyl adjacent to an activating group) is 1. The minimum Gasteiger partial charge on any atom is -0.493 e. The van der Waals surface area contributed by atoms with Crippen molar-refractivity contribution in [2.45, 2.75) is 19.4 Å². The second-order valence-electron chi connectivity index (χ2n) is 8.64. The minimum absolute atomic E-state index is 0.250. The zero-order valence-electron chi connectivity index (χ0n) is 19.2. The van der Waals surface area contributed by atoms with Gasteiger partial charge in [-0.3, -0.25) is 4.40 Å². The van der Waals surface area contributed by atoms with Crippen LogP contribution < -0.4 is 10.1 Å². The molecule has 172 valence electrons. The average molecular weight is 457 g/mol. The van der Waals surface area contributed by atoms with E-state index in [9.17, 15) is 9.65 Å². The Hall–Kier alpha value is -3.96. The minimum atomic E-state index is -0.275. The monoisotopic (exact) mass is 456 g/mol. The Morgan fingerprint density at radius 1 is 1.26 bits per heavy atom. The molecule has 8 heteroatoms. The largest absolute Gasteiger partial charge is 0.493 e. The number of nitrogens with zero attached hydrogens (tertiary/aromatic N) is 5. The molecule has 1 aliphatic heterocycles. The first-order chi connectivity index (χ1) is 16.5. The summed E-state index contributed by atoms with van der Waals surface area (Å²) in [7, 11) is 4.11. The lowest BCUT2D eigenvalue weighted by Gasteiger charge is -2.13. The van der Waals surface area contributed by atoms with Gasteiger partial charge in [0, 0.05) is 42.4 Å². The van der Waals surface area contributed by atoms with Gasteiger partial charge in [0.25, 0.3) is 0 Å². The lowest BCUT2D eigenvalue weighted by atomic mass is 10.0. The van der Waals surface area contributed by atoms with E-state index in [0.717, 1.165) is 35.4 Å². The Morgan fingerprint density at radius 2 is 2.15 bits per heavy atom. The van der Waals surface area contributed by atoms with Crippen LogP contribution in [0.5, 0.6) is 5.75 Å². The maximum absolute atomic E-state index is 14.6. The number of halogens is 1. The normalized spacial score (nSPS) is 12.6. The van der Waals surface area contributed by atoms with Crippen LogP contribution in [0.3, 0.4) is 0 Å². The van der Waals surface area contributed by atoms with Gasteiger partial charge in [-0.2, -0.15) is 5.26 Å². The summed E-state index contributed by atoms with van der Waals surface area (Å²) in [6.45, 7) is 1.76. The second-order valence-corrected chi connectivity index (χ2v) is 8.64. The highest BCUT2D eigenvalue weighted by atomic mass is 19.1. The maximum Gasteiger partial charge on any atom is 0.208 e. The fraction of sp³-hybridized carbons (Fsp3) is 0.269. The summed E-state index contributed by atoms with van der Waals surface area (Å²) < 4.78 is 21.9. The standard InChI is InChI=1S/C26H25FN6O/c1-32(2)10-8-17-4-3-5-18(12-17)21-14-29-26(33-16-19(13-28)31-25(21)33)30-15-22-20-9-11-34-24(20)7-6-23(22)27/h3-7,12,14,16H,8-11,15H2,1-2H3,(H,29,30). The Balaban J connectivity index is 1.49. The van der Waals surface area contributed by atoms with Crippen LogP contribution in [0.1, 0.15) is 22.4 Å². The van der Waals surface area contributed by atoms with Gasteiger partial charge in [-0.25, -0.2) is 14.4 Å². The van der Waals surface area contributed by atoms with Crippen molar-refractivity contribution >= 4 is 11.6 Å². The number of imidazole rings is 1. The van der Waals surface area contributed by atoms with Crippen LogP contribution in [0, 0.1) is 17.1 Å². The van der Waals surface area contributed by atoms with Crippen molar-refractivity contribution in [2.24, 2.45) is 0 Å². The van der Waals surface area contributed by atoms with E-state index in [1.54, 1.807) is 22.9 Å². The van der Waals surface area contributed by atoms with Crippen LogP contribution in [-0.4, -0.2) is 46.5 Å². The highest BCUT2D eigenvalue weighted by Crippen LogP contribution is 2.31. The van der Waals surface area contributed by atoms with Gasteiger partial charge in [-0.1, -0.05) is 24.3 Å². The lowest BCUT2D eigenvalue weighted by Crippen LogP contribution is -2.15. The number of nitriles is 1. The number of hydrogen-bond acceptors (Lipinski definition) is 6. The molecule has 2 aromatic carbocycles. The quantitative estimate of drug-likeness (QED) is 0.452. The summed E-state index contributed by atoms with van der Waals surface area (Å²) in [5, 5.41) is 12.7. The van der Waals surface area contributed by atoms with Gasteiger partial charge in [0.15, 0.2) is 11.3 Å². The first-order valence-corrected chi connectivity index (χ1v) is 11.2. The predicted octanol–water partition coefficient (Wildman–Crippen LogP) is 4.06. The number of fused-ring (bicyclic) bond motifs is 2. The number of rotatable bonds is 7. The highest BCUT2D eigenvalue weighted by Gasteiger charge is 2.20. The topological polar surface area (TPSA) is 78.5 Å². The summed E-state index contributed by atoms with van der Waals surface area (Å²) in [6, 6.07) is 13.5. The first-order valence-electron chi connectivity index (χ1n) is 11.2. The number of ether oxygens (including phenoxy) is 1. The molecule has 1 aliphatic rings. The molecule has 0 saturated heterocycles. The van der Waals surface area contributed by atoms with E-state index in [1.807, 2.05) is 12.1 Å². The van der Waals surface area contributed by atoms with Crippen molar-refractivity contribution < 1.29 is 9.13 Å². The summed E-state index contributed by atoms with van der Waals surface area (Å²) in [6.07, 6.45) is 5.02. The Labute approximate surface area is 197 Å². The number of benzene rings is 2. The van der Waals surface area contributed by atoms with Gasteiger partial charge in [0.05, 0.1) is 12.8 Å². The summed E-state index contributed by atoms with van der Waals surface area (Å²) in [5.41, 5.74) is 5.41. The summed E-state index contributed by atoms with van der Waals surface area (Å²) >= 11 is 0. The molecular weight excluding hydrogens is 431 g/mol. The number of nitrogens with one attached hydrogen (secondary N) is 1. The molecule has 0 saturated carbocycles. The van der Waals surface area contributed by atoms with Crippen molar-refractivity contribution in [3.05, 3.63) is 77.0 Å². The van der Waals surface area contributed by atoms with Gasteiger partial charge >= 0.3 is 0 Å². The molecule has 34 heavy (non-hydrogen) atoms. The highest BCUT2D eigenvalue weighted by molar-refractivity contribution is 5.78. The van der Waals surface area contributed by atoms with Crippen molar-refractivity contribution in [1.82, 2.24) is 19.3 Å². The first kappa shape index (κ1) is 21.9. The molecule has 3 heterocycles. The van der Waals surface area contributed by atoms with Crippen molar-refractivity contribution in [3.8, 4) is 22.9 Å². The zero-order chi connectivity index (χ0) is 23.7.